The van der Waals surface area contributed by atoms with Gasteiger partial charge in [0.15, 0.2) is 0 Å². The lowest BCUT2D eigenvalue weighted by atomic mass is 10.00. The van der Waals surface area contributed by atoms with Crippen molar-refractivity contribution in [2.45, 2.75) is 18.9 Å². The molecule has 0 amide bonds. The number of ether oxygens (including phenoxy) is 1. The average molecular weight is 298 g/mol. The zero-order valence-corrected chi connectivity index (χ0v) is 12.8. The van der Waals surface area contributed by atoms with Gasteiger partial charge in [-0.3, -0.25) is 0 Å². The fourth-order valence-electron chi connectivity index (χ4n) is 2.54. The van der Waals surface area contributed by atoms with Crippen molar-refractivity contribution in [3.05, 3.63) is 64.9 Å². The van der Waals surface area contributed by atoms with Crippen LogP contribution in [0.3, 0.4) is 0 Å². The Morgan fingerprint density at radius 3 is 2.62 bits per heavy atom. The molecule has 21 heavy (non-hydrogen) atoms. The molecular weight excluding hydrogens is 280 g/mol. The highest BCUT2D eigenvalue weighted by molar-refractivity contribution is 7.10. The van der Waals surface area contributed by atoms with E-state index in [0.29, 0.717) is 6.42 Å². The highest BCUT2D eigenvalue weighted by Gasteiger charge is 2.30. The summed E-state index contributed by atoms with van der Waals surface area (Å²) in [5.74, 6) is 0.859. The van der Waals surface area contributed by atoms with Gasteiger partial charge in [0.25, 0.3) is 0 Å². The molecule has 0 fully saturated rings. The fraction of sp³-hybridized carbons (Fsp3) is 0.222. The minimum atomic E-state index is -0.507. The second-order valence-electron chi connectivity index (χ2n) is 5.26. The van der Waals surface area contributed by atoms with Gasteiger partial charge in [-0.2, -0.15) is 0 Å². The van der Waals surface area contributed by atoms with Gasteiger partial charge in [-0.25, -0.2) is 0 Å². The van der Waals surface area contributed by atoms with Crippen LogP contribution in [0.5, 0.6) is 5.75 Å². The first-order valence-corrected chi connectivity index (χ1v) is 7.92. The number of aliphatic hydroxyl groups excluding tert-OH is 1. The molecule has 1 atom stereocenters. The van der Waals surface area contributed by atoms with Crippen LogP contribution in [0.2, 0.25) is 0 Å². The Morgan fingerprint density at radius 2 is 1.86 bits per heavy atom. The maximum Gasteiger partial charge on any atom is 0.142 e. The van der Waals surface area contributed by atoms with Crippen LogP contribution in [0.4, 0.5) is 0 Å². The van der Waals surface area contributed by atoms with Crippen LogP contribution < -0.4 is 4.74 Å². The summed E-state index contributed by atoms with van der Waals surface area (Å²) in [5.41, 5.74) is -0.507. The van der Waals surface area contributed by atoms with Crippen molar-refractivity contribution < 1.29 is 9.84 Å². The lowest BCUT2D eigenvalue weighted by Crippen LogP contribution is -2.29. The first-order valence-electron chi connectivity index (χ1n) is 7.04. The SMILES string of the molecule is C[C@@](CCO)(Oc1cccc2ccccc12)c1cccs1. The second-order valence-corrected chi connectivity index (χ2v) is 6.21. The van der Waals surface area contributed by atoms with Crippen molar-refractivity contribution in [3.8, 4) is 5.75 Å². The lowest BCUT2D eigenvalue weighted by Gasteiger charge is -2.30. The third kappa shape index (κ3) is 2.80. The van der Waals surface area contributed by atoms with Gasteiger partial charge >= 0.3 is 0 Å². The van der Waals surface area contributed by atoms with Gasteiger partial charge in [0.1, 0.15) is 11.4 Å². The maximum absolute atomic E-state index is 9.42. The van der Waals surface area contributed by atoms with Crippen LogP contribution in [0.15, 0.2) is 60.0 Å². The van der Waals surface area contributed by atoms with Crippen molar-refractivity contribution in [1.29, 1.82) is 0 Å². The van der Waals surface area contributed by atoms with Crippen LogP contribution in [-0.4, -0.2) is 11.7 Å². The quantitative estimate of drug-likeness (QED) is 0.747. The number of hydrogen-bond donors (Lipinski definition) is 1. The number of aliphatic hydroxyl groups is 1. The van der Waals surface area contributed by atoms with E-state index in [1.54, 1.807) is 11.3 Å². The van der Waals surface area contributed by atoms with E-state index in [1.807, 2.05) is 42.6 Å². The molecule has 0 aliphatic heterocycles. The highest BCUT2D eigenvalue weighted by Crippen LogP contribution is 2.36. The number of benzene rings is 2. The van der Waals surface area contributed by atoms with Gasteiger partial charge in [-0.05, 0) is 29.8 Å². The van der Waals surface area contributed by atoms with Gasteiger partial charge in [-0.15, -0.1) is 11.3 Å². The van der Waals surface area contributed by atoms with Crippen molar-refractivity contribution in [3.63, 3.8) is 0 Å². The van der Waals surface area contributed by atoms with Crippen LogP contribution in [0.1, 0.15) is 18.2 Å². The van der Waals surface area contributed by atoms with Crippen molar-refractivity contribution in [2.24, 2.45) is 0 Å². The van der Waals surface area contributed by atoms with E-state index in [9.17, 15) is 5.11 Å². The molecule has 3 aromatic rings. The second kappa shape index (κ2) is 5.88. The van der Waals surface area contributed by atoms with Gasteiger partial charge in [0.05, 0.1) is 0 Å². The first-order chi connectivity index (χ1) is 10.2. The summed E-state index contributed by atoms with van der Waals surface area (Å²) in [5, 5.41) is 13.7. The van der Waals surface area contributed by atoms with Crippen LogP contribution in [-0.2, 0) is 5.60 Å². The molecule has 0 unspecified atom stereocenters. The molecule has 1 aromatic heterocycles. The van der Waals surface area contributed by atoms with Gasteiger partial charge in [0.2, 0.25) is 0 Å². The Bertz CT molecular complexity index is 716. The third-order valence-corrected chi connectivity index (χ3v) is 4.83. The predicted octanol–water partition coefficient (Wildman–Crippen LogP) is 4.58. The lowest BCUT2D eigenvalue weighted by molar-refractivity contribution is 0.0610. The molecule has 0 radical (unpaired) electrons. The summed E-state index contributed by atoms with van der Waals surface area (Å²) < 4.78 is 6.35. The Balaban J connectivity index is 2.02. The van der Waals surface area contributed by atoms with Gasteiger partial charge < -0.3 is 9.84 Å². The summed E-state index contributed by atoms with van der Waals surface area (Å²) in [4.78, 5) is 1.13. The molecule has 0 spiro atoms. The summed E-state index contributed by atoms with van der Waals surface area (Å²) in [6.45, 7) is 2.13. The summed E-state index contributed by atoms with van der Waals surface area (Å²) >= 11 is 1.66. The Morgan fingerprint density at radius 1 is 1.05 bits per heavy atom. The minimum Gasteiger partial charge on any atom is -0.481 e. The average Bonchev–Trinajstić information content (AvgIpc) is 3.03. The number of fused-ring (bicyclic) bond motifs is 1. The molecule has 0 aliphatic carbocycles. The zero-order valence-electron chi connectivity index (χ0n) is 12.0. The molecule has 0 saturated carbocycles. The van der Waals surface area contributed by atoms with E-state index >= 15 is 0 Å². The van der Waals surface area contributed by atoms with Crippen LogP contribution in [0, 0.1) is 0 Å². The molecule has 0 aliphatic rings. The molecule has 3 heteroatoms. The minimum absolute atomic E-state index is 0.0964. The van der Waals surface area contributed by atoms with E-state index in [2.05, 4.69) is 24.3 Å². The van der Waals surface area contributed by atoms with Crippen LogP contribution in [0.25, 0.3) is 10.8 Å². The van der Waals surface area contributed by atoms with E-state index in [1.165, 1.54) is 0 Å². The fourth-order valence-corrected chi connectivity index (χ4v) is 3.40. The van der Waals surface area contributed by atoms with E-state index in [0.717, 1.165) is 21.4 Å². The molecule has 0 saturated heterocycles. The summed E-state index contributed by atoms with van der Waals surface area (Å²) in [6.07, 6.45) is 0.566. The summed E-state index contributed by atoms with van der Waals surface area (Å²) in [7, 11) is 0. The zero-order chi connectivity index (χ0) is 14.7. The number of thiophene rings is 1. The van der Waals surface area contributed by atoms with E-state index in [4.69, 9.17) is 4.74 Å². The third-order valence-electron chi connectivity index (χ3n) is 3.72. The molecule has 3 rings (SSSR count). The standard InChI is InChI=1S/C18H18O2S/c1-18(11-12-19,17-10-5-13-21-17)20-16-9-4-7-14-6-2-3-8-15(14)16/h2-10,13,19H,11-12H2,1H3/t18-/m0/s1. The molecule has 2 aromatic carbocycles. The normalized spacial score (nSPS) is 14.0. The monoisotopic (exact) mass is 298 g/mol. The maximum atomic E-state index is 9.42. The summed E-state index contributed by atoms with van der Waals surface area (Å²) in [6, 6.07) is 18.3. The number of hydrogen-bond acceptors (Lipinski definition) is 3. The topological polar surface area (TPSA) is 29.5 Å². The molecule has 0 bridgehead atoms. The molecular formula is C18H18O2S. The Hall–Kier alpha value is -1.84. The van der Waals surface area contributed by atoms with Crippen molar-refractivity contribution in [1.82, 2.24) is 0 Å². The largest absolute Gasteiger partial charge is 0.481 e. The number of rotatable bonds is 5. The highest BCUT2D eigenvalue weighted by atomic mass is 32.1. The Labute approximate surface area is 128 Å². The molecule has 1 heterocycles. The first kappa shape index (κ1) is 14.1. The molecule has 108 valence electrons. The van der Waals surface area contributed by atoms with Crippen LogP contribution >= 0.6 is 11.3 Å². The van der Waals surface area contributed by atoms with E-state index in [-0.39, 0.29) is 6.61 Å². The predicted molar refractivity (Wildman–Crippen MR) is 87.9 cm³/mol. The van der Waals surface area contributed by atoms with E-state index < -0.39 is 5.60 Å². The Kier molecular flexibility index (Phi) is 3.95. The molecule has 1 N–H and O–H groups in total. The van der Waals surface area contributed by atoms with Gasteiger partial charge in [0, 0.05) is 23.3 Å². The van der Waals surface area contributed by atoms with Crippen molar-refractivity contribution >= 4 is 22.1 Å². The smallest absolute Gasteiger partial charge is 0.142 e. The molecule has 2 nitrogen and oxygen atoms in total. The van der Waals surface area contributed by atoms with Crippen molar-refractivity contribution in [2.75, 3.05) is 6.61 Å². The van der Waals surface area contributed by atoms with Gasteiger partial charge in [-0.1, -0.05) is 42.5 Å².